The van der Waals surface area contributed by atoms with Gasteiger partial charge in [0, 0.05) is 22.2 Å². The number of para-hydroxylation sites is 1. The molecule has 0 bridgehead atoms. The first-order chi connectivity index (χ1) is 8.81. The Morgan fingerprint density at radius 1 is 1.33 bits per heavy atom. The molecule has 0 saturated heterocycles. The van der Waals surface area contributed by atoms with Gasteiger partial charge >= 0.3 is 0 Å². The second kappa shape index (κ2) is 4.60. The van der Waals surface area contributed by atoms with Gasteiger partial charge in [0.25, 0.3) is 0 Å². The van der Waals surface area contributed by atoms with Crippen molar-refractivity contribution in [2.45, 2.75) is 44.9 Å². The number of rotatable bonds is 2. The molecule has 0 fully saturated rings. The Balaban J connectivity index is 2.24. The zero-order chi connectivity index (χ0) is 12.5. The number of nitrogens with one attached hydrogen (secondary N) is 1. The van der Waals surface area contributed by atoms with Gasteiger partial charge in [0.1, 0.15) is 0 Å². The van der Waals surface area contributed by atoms with Crippen LogP contribution < -0.4 is 5.43 Å². The first-order valence-electron chi connectivity index (χ1n) is 6.95. The van der Waals surface area contributed by atoms with E-state index in [0.717, 1.165) is 29.3 Å². The van der Waals surface area contributed by atoms with Crippen molar-refractivity contribution < 1.29 is 0 Å². The van der Waals surface area contributed by atoms with Crippen LogP contribution in [0.5, 0.6) is 0 Å². The van der Waals surface area contributed by atoms with Crippen LogP contribution in [0.15, 0.2) is 29.1 Å². The highest BCUT2D eigenvalue weighted by Gasteiger charge is 2.23. The molecule has 2 heteroatoms. The van der Waals surface area contributed by atoms with Crippen molar-refractivity contribution in [1.82, 2.24) is 4.98 Å². The fraction of sp³-hybridized carbons (Fsp3) is 0.438. The molecule has 1 aromatic heterocycles. The van der Waals surface area contributed by atoms with Crippen LogP contribution in [0.4, 0.5) is 0 Å². The first kappa shape index (κ1) is 11.5. The summed E-state index contributed by atoms with van der Waals surface area (Å²) in [6.07, 6.45) is 5.67. The third-order valence-electron chi connectivity index (χ3n) is 4.06. The molecule has 1 aliphatic rings. The predicted octanol–water partition coefficient (Wildman–Crippen LogP) is 3.75. The largest absolute Gasteiger partial charge is 0.358 e. The maximum absolute atomic E-state index is 12.5. The molecule has 2 nitrogen and oxygen atoms in total. The number of fused-ring (bicyclic) bond motifs is 2. The SMILES string of the molecule is CCCC1CCCc2c1[nH]c1ccccc1c2=O. The second-order valence-electron chi connectivity index (χ2n) is 5.27. The minimum atomic E-state index is 0.250. The third kappa shape index (κ3) is 1.76. The van der Waals surface area contributed by atoms with Crippen LogP contribution >= 0.6 is 0 Å². The molecule has 2 aromatic rings. The quantitative estimate of drug-likeness (QED) is 0.853. The van der Waals surface area contributed by atoms with Crippen LogP contribution in [0.25, 0.3) is 10.9 Å². The zero-order valence-electron chi connectivity index (χ0n) is 10.8. The molecule has 1 aliphatic carbocycles. The molecule has 0 aliphatic heterocycles. The van der Waals surface area contributed by atoms with Crippen molar-refractivity contribution in [3.05, 3.63) is 45.7 Å². The van der Waals surface area contributed by atoms with Crippen molar-refractivity contribution in [2.75, 3.05) is 0 Å². The average Bonchev–Trinajstić information content (AvgIpc) is 2.40. The highest BCUT2D eigenvalue weighted by molar-refractivity contribution is 5.79. The van der Waals surface area contributed by atoms with E-state index in [1.807, 2.05) is 24.3 Å². The van der Waals surface area contributed by atoms with Gasteiger partial charge < -0.3 is 4.98 Å². The fourth-order valence-electron chi connectivity index (χ4n) is 3.20. The van der Waals surface area contributed by atoms with E-state index in [0.29, 0.717) is 5.92 Å². The van der Waals surface area contributed by atoms with Crippen molar-refractivity contribution in [1.29, 1.82) is 0 Å². The second-order valence-corrected chi connectivity index (χ2v) is 5.27. The summed E-state index contributed by atoms with van der Waals surface area (Å²) in [5.74, 6) is 0.552. The Kier molecular flexibility index (Phi) is 2.94. The number of benzene rings is 1. The van der Waals surface area contributed by atoms with Gasteiger partial charge in [-0.2, -0.15) is 0 Å². The summed E-state index contributed by atoms with van der Waals surface area (Å²) in [6, 6.07) is 7.87. The monoisotopic (exact) mass is 241 g/mol. The molecule has 1 unspecified atom stereocenters. The van der Waals surface area contributed by atoms with Gasteiger partial charge in [-0.25, -0.2) is 0 Å². The van der Waals surface area contributed by atoms with Gasteiger partial charge in [-0.1, -0.05) is 25.5 Å². The van der Waals surface area contributed by atoms with Crippen molar-refractivity contribution in [3.63, 3.8) is 0 Å². The molecule has 0 radical (unpaired) electrons. The van der Waals surface area contributed by atoms with Crippen molar-refractivity contribution in [2.24, 2.45) is 0 Å². The smallest absolute Gasteiger partial charge is 0.192 e. The lowest BCUT2D eigenvalue weighted by atomic mass is 9.83. The number of pyridine rings is 1. The Morgan fingerprint density at radius 3 is 3.00 bits per heavy atom. The maximum atomic E-state index is 12.5. The van der Waals surface area contributed by atoms with Crippen molar-refractivity contribution >= 4 is 10.9 Å². The number of H-pyrrole nitrogens is 1. The van der Waals surface area contributed by atoms with E-state index in [9.17, 15) is 4.79 Å². The molecule has 94 valence electrons. The van der Waals surface area contributed by atoms with Gasteiger partial charge in [-0.3, -0.25) is 4.79 Å². The summed E-state index contributed by atoms with van der Waals surface area (Å²) in [6.45, 7) is 2.22. The van der Waals surface area contributed by atoms with E-state index < -0.39 is 0 Å². The van der Waals surface area contributed by atoms with E-state index in [-0.39, 0.29) is 5.43 Å². The van der Waals surface area contributed by atoms with Crippen LogP contribution in [0, 0.1) is 0 Å². The van der Waals surface area contributed by atoms with Gasteiger partial charge in [-0.05, 0) is 43.7 Å². The van der Waals surface area contributed by atoms with Crippen LogP contribution in [-0.4, -0.2) is 4.98 Å². The van der Waals surface area contributed by atoms with Gasteiger partial charge in [-0.15, -0.1) is 0 Å². The molecule has 0 spiro atoms. The van der Waals surface area contributed by atoms with E-state index in [1.165, 1.54) is 25.0 Å². The van der Waals surface area contributed by atoms with Gasteiger partial charge in [0.15, 0.2) is 5.43 Å². The molecule has 1 N–H and O–H groups in total. The van der Waals surface area contributed by atoms with E-state index in [2.05, 4.69) is 11.9 Å². The molecule has 1 heterocycles. The summed E-state index contributed by atoms with van der Waals surface area (Å²) >= 11 is 0. The van der Waals surface area contributed by atoms with E-state index >= 15 is 0 Å². The molecule has 18 heavy (non-hydrogen) atoms. The van der Waals surface area contributed by atoms with Gasteiger partial charge in [0.2, 0.25) is 0 Å². The predicted molar refractivity (Wildman–Crippen MR) is 75.2 cm³/mol. The molecule has 1 aromatic carbocycles. The lowest BCUT2D eigenvalue weighted by Gasteiger charge is -2.25. The van der Waals surface area contributed by atoms with Crippen molar-refractivity contribution in [3.8, 4) is 0 Å². The summed E-state index contributed by atoms with van der Waals surface area (Å²) in [5.41, 5.74) is 3.50. The third-order valence-corrected chi connectivity index (χ3v) is 4.06. The summed E-state index contributed by atoms with van der Waals surface area (Å²) in [4.78, 5) is 16.0. The van der Waals surface area contributed by atoms with E-state index in [4.69, 9.17) is 0 Å². The minimum Gasteiger partial charge on any atom is -0.358 e. The minimum absolute atomic E-state index is 0.250. The maximum Gasteiger partial charge on any atom is 0.192 e. The highest BCUT2D eigenvalue weighted by atomic mass is 16.1. The zero-order valence-corrected chi connectivity index (χ0v) is 10.8. The lowest BCUT2D eigenvalue weighted by molar-refractivity contribution is 0.502. The highest BCUT2D eigenvalue weighted by Crippen LogP contribution is 2.32. The number of aromatic amines is 1. The summed E-state index contributed by atoms with van der Waals surface area (Å²) in [5, 5.41) is 0.841. The lowest BCUT2D eigenvalue weighted by Crippen LogP contribution is -2.21. The normalized spacial score (nSPS) is 18.8. The topological polar surface area (TPSA) is 32.9 Å². The molecule has 1 atom stereocenters. The van der Waals surface area contributed by atoms with Crippen LogP contribution in [0.3, 0.4) is 0 Å². The molecule has 0 saturated carbocycles. The Bertz CT molecular complexity index is 627. The molecular weight excluding hydrogens is 222 g/mol. The first-order valence-corrected chi connectivity index (χ1v) is 6.95. The van der Waals surface area contributed by atoms with Gasteiger partial charge in [0.05, 0.1) is 0 Å². The Hall–Kier alpha value is -1.57. The average molecular weight is 241 g/mol. The standard InChI is InChI=1S/C16H19NO/c1-2-6-11-7-5-9-13-15(11)17-14-10-4-3-8-12(14)16(13)18/h3-4,8,10-11H,2,5-7,9H2,1H3,(H,17,18). The fourth-order valence-corrected chi connectivity index (χ4v) is 3.20. The summed E-state index contributed by atoms with van der Waals surface area (Å²) in [7, 11) is 0. The Morgan fingerprint density at radius 2 is 2.17 bits per heavy atom. The Labute approximate surface area is 107 Å². The molecule has 0 amide bonds. The van der Waals surface area contributed by atoms with E-state index in [1.54, 1.807) is 0 Å². The summed E-state index contributed by atoms with van der Waals surface area (Å²) < 4.78 is 0. The van der Waals surface area contributed by atoms with Crippen LogP contribution in [0.1, 0.15) is 49.8 Å². The number of aromatic nitrogens is 1. The van der Waals surface area contributed by atoms with Crippen LogP contribution in [0.2, 0.25) is 0 Å². The molecule has 3 rings (SSSR count). The molecular formula is C16H19NO. The number of hydrogen-bond donors (Lipinski definition) is 1. The van der Waals surface area contributed by atoms with Crippen LogP contribution in [-0.2, 0) is 6.42 Å². The number of hydrogen-bond acceptors (Lipinski definition) is 1.